The van der Waals surface area contributed by atoms with Gasteiger partial charge in [-0.3, -0.25) is 9.59 Å². The number of aliphatic hydroxyl groups excluding tert-OH is 1. The van der Waals surface area contributed by atoms with Crippen molar-refractivity contribution < 1.29 is 32.6 Å². The van der Waals surface area contributed by atoms with Crippen LogP contribution in [0.4, 0.5) is 24.5 Å². The summed E-state index contributed by atoms with van der Waals surface area (Å²) in [6.07, 6.45) is 0.684. The van der Waals surface area contributed by atoms with Gasteiger partial charge in [-0.25, -0.2) is 0 Å². The summed E-state index contributed by atoms with van der Waals surface area (Å²) in [7, 11) is 0. The van der Waals surface area contributed by atoms with Crippen molar-refractivity contribution in [3.63, 3.8) is 0 Å². The molecule has 0 saturated heterocycles. The minimum atomic E-state index is -4.45. The van der Waals surface area contributed by atoms with Crippen LogP contribution in [0.15, 0.2) is 85.0 Å². The van der Waals surface area contributed by atoms with Crippen LogP contribution in [0.3, 0.4) is 0 Å². The molecule has 1 aliphatic heterocycles. The first-order chi connectivity index (χ1) is 19.6. The molecule has 0 spiro atoms. The quantitative estimate of drug-likeness (QED) is 0.198. The van der Waals surface area contributed by atoms with Crippen molar-refractivity contribution in [1.29, 1.82) is 0 Å². The van der Waals surface area contributed by atoms with Crippen molar-refractivity contribution in [3.05, 3.63) is 107 Å². The molecule has 4 rings (SSSR count). The molecule has 1 aliphatic rings. The van der Waals surface area contributed by atoms with Crippen molar-refractivity contribution in [1.82, 2.24) is 0 Å². The summed E-state index contributed by atoms with van der Waals surface area (Å²) in [4.78, 5) is 24.5. The van der Waals surface area contributed by atoms with Gasteiger partial charge in [0.05, 0.1) is 11.7 Å². The molecule has 0 aliphatic carbocycles. The van der Waals surface area contributed by atoms with Gasteiger partial charge in [0.15, 0.2) is 0 Å². The number of allylic oxidation sites excluding steroid dienone is 2. The molecule has 41 heavy (non-hydrogen) atoms. The summed E-state index contributed by atoms with van der Waals surface area (Å²) in [5.41, 5.74) is 2.71. The number of anilines is 2. The van der Waals surface area contributed by atoms with E-state index in [0.717, 1.165) is 30.5 Å². The van der Waals surface area contributed by atoms with Crippen molar-refractivity contribution in [2.24, 2.45) is 0 Å². The van der Waals surface area contributed by atoms with E-state index in [0.29, 0.717) is 33.8 Å². The number of carbonyl (C=O) groups excluding carboxylic acids is 2. The smallest absolute Gasteiger partial charge is 0.416 e. The highest BCUT2D eigenvalue weighted by molar-refractivity contribution is 6.03. The standard InChI is InChI=1S/C32H31F3N2O4/c1-3-23(4-2)41-24-17-13-21(14-18-24)25(20-11-15-22(16-12-20)32(33,34)35)7-5-10-30(39)36-27-8-6-9-28-26(27)19-29(38)31(40)37-28/h5-18,23,29,38H,3-4,19H2,1-2H3,(H,36,39)(H,37,40). The molecule has 214 valence electrons. The van der Waals surface area contributed by atoms with Gasteiger partial charge in [0.1, 0.15) is 11.9 Å². The number of aliphatic hydroxyl groups is 1. The molecule has 0 bridgehead atoms. The maximum Gasteiger partial charge on any atom is 0.416 e. The summed E-state index contributed by atoms with van der Waals surface area (Å²) < 4.78 is 45.4. The Morgan fingerprint density at radius 1 is 1.05 bits per heavy atom. The molecular weight excluding hydrogens is 533 g/mol. The Kier molecular flexibility index (Phi) is 9.29. The summed E-state index contributed by atoms with van der Waals surface area (Å²) in [6, 6.07) is 17.1. The average Bonchev–Trinajstić information content (AvgIpc) is 2.95. The summed E-state index contributed by atoms with van der Waals surface area (Å²) >= 11 is 0. The van der Waals surface area contributed by atoms with Crippen molar-refractivity contribution in [2.45, 2.75) is 51.5 Å². The molecule has 1 heterocycles. The predicted molar refractivity (Wildman–Crippen MR) is 153 cm³/mol. The maximum absolute atomic E-state index is 13.1. The number of hydrogen-bond acceptors (Lipinski definition) is 4. The predicted octanol–water partition coefficient (Wildman–Crippen LogP) is 6.75. The highest BCUT2D eigenvalue weighted by Crippen LogP contribution is 2.32. The first-order valence-electron chi connectivity index (χ1n) is 13.3. The lowest BCUT2D eigenvalue weighted by Crippen LogP contribution is -2.34. The van der Waals surface area contributed by atoms with Crippen LogP contribution in [0.25, 0.3) is 5.57 Å². The molecule has 0 aromatic heterocycles. The van der Waals surface area contributed by atoms with E-state index in [9.17, 15) is 27.9 Å². The topological polar surface area (TPSA) is 87.7 Å². The third-order valence-electron chi connectivity index (χ3n) is 6.80. The molecule has 0 fully saturated rings. The lowest BCUT2D eigenvalue weighted by atomic mass is 9.96. The van der Waals surface area contributed by atoms with Crippen LogP contribution in [0, 0.1) is 0 Å². The zero-order valence-corrected chi connectivity index (χ0v) is 22.7. The molecular formula is C32H31F3N2O4. The number of fused-ring (bicyclic) bond motifs is 1. The second-order valence-corrected chi connectivity index (χ2v) is 9.63. The lowest BCUT2D eigenvalue weighted by molar-refractivity contribution is -0.137. The number of nitrogens with one attached hydrogen (secondary N) is 2. The minimum absolute atomic E-state index is 0.0657. The van der Waals surface area contributed by atoms with Gasteiger partial charge in [-0.2, -0.15) is 13.2 Å². The molecule has 1 unspecified atom stereocenters. The van der Waals surface area contributed by atoms with Crippen LogP contribution in [0.1, 0.15) is 48.9 Å². The molecule has 6 nitrogen and oxygen atoms in total. The lowest BCUT2D eigenvalue weighted by Gasteiger charge is -2.23. The third-order valence-corrected chi connectivity index (χ3v) is 6.80. The zero-order valence-electron chi connectivity index (χ0n) is 22.7. The van der Waals surface area contributed by atoms with Gasteiger partial charge in [0, 0.05) is 29.4 Å². The highest BCUT2D eigenvalue weighted by Gasteiger charge is 2.30. The third kappa shape index (κ3) is 7.43. The Bertz CT molecular complexity index is 1440. The van der Waals surface area contributed by atoms with Crippen LogP contribution in [0.5, 0.6) is 5.75 Å². The molecule has 3 aromatic rings. The van der Waals surface area contributed by atoms with E-state index in [4.69, 9.17) is 4.74 Å². The average molecular weight is 565 g/mol. The molecule has 3 aromatic carbocycles. The van der Waals surface area contributed by atoms with Gasteiger partial charge in [0.2, 0.25) is 5.91 Å². The number of halogens is 3. The van der Waals surface area contributed by atoms with E-state index in [2.05, 4.69) is 10.6 Å². The SMILES string of the molecule is CCC(CC)Oc1ccc(C(=CC=CC(=O)Nc2cccc3c2CC(O)C(=O)N3)c2ccc(C(F)(F)F)cc2)cc1. The number of hydrogen-bond donors (Lipinski definition) is 3. The molecule has 9 heteroatoms. The van der Waals surface area contributed by atoms with Gasteiger partial charge in [-0.05, 0) is 65.9 Å². The Morgan fingerprint density at radius 2 is 1.68 bits per heavy atom. The van der Waals surface area contributed by atoms with Gasteiger partial charge in [0.25, 0.3) is 5.91 Å². The van der Waals surface area contributed by atoms with Crippen LogP contribution in [0.2, 0.25) is 0 Å². The van der Waals surface area contributed by atoms with Gasteiger partial charge < -0.3 is 20.5 Å². The highest BCUT2D eigenvalue weighted by atomic mass is 19.4. The Balaban J connectivity index is 1.59. The van der Waals surface area contributed by atoms with E-state index in [1.165, 1.54) is 24.3 Å². The molecule has 1 atom stereocenters. The van der Waals surface area contributed by atoms with E-state index >= 15 is 0 Å². The van der Waals surface area contributed by atoms with Crippen molar-refractivity contribution in [3.8, 4) is 5.75 Å². The van der Waals surface area contributed by atoms with E-state index < -0.39 is 29.7 Å². The second kappa shape index (κ2) is 12.9. The maximum atomic E-state index is 13.1. The number of amides is 2. The summed E-state index contributed by atoms with van der Waals surface area (Å²) in [5, 5.41) is 15.3. The first-order valence-corrected chi connectivity index (χ1v) is 13.3. The number of alkyl halides is 3. The van der Waals surface area contributed by atoms with E-state index in [1.807, 2.05) is 38.1 Å². The molecule has 0 radical (unpaired) electrons. The number of ether oxygens (including phenoxy) is 1. The fraction of sp³-hybridized carbons (Fsp3) is 0.250. The van der Waals surface area contributed by atoms with E-state index in [-0.39, 0.29) is 12.5 Å². The number of carbonyl (C=O) groups is 2. The van der Waals surface area contributed by atoms with Gasteiger partial charge in [-0.15, -0.1) is 0 Å². The van der Waals surface area contributed by atoms with Gasteiger partial charge in [-0.1, -0.05) is 56.3 Å². The molecule has 3 N–H and O–H groups in total. The van der Waals surface area contributed by atoms with Crippen molar-refractivity contribution in [2.75, 3.05) is 10.6 Å². The van der Waals surface area contributed by atoms with Crippen molar-refractivity contribution >= 4 is 28.8 Å². The molecule has 2 amide bonds. The Hall–Kier alpha value is -4.37. The second-order valence-electron chi connectivity index (χ2n) is 9.63. The van der Waals surface area contributed by atoms with Crippen LogP contribution in [-0.2, 0) is 22.2 Å². The molecule has 0 saturated carbocycles. The Labute approximate surface area is 236 Å². The van der Waals surface area contributed by atoms with Crippen LogP contribution < -0.4 is 15.4 Å². The summed E-state index contributed by atoms with van der Waals surface area (Å²) in [6.45, 7) is 4.09. The fourth-order valence-electron chi connectivity index (χ4n) is 4.51. The number of benzene rings is 3. The normalized spacial score (nSPS) is 15.5. The Morgan fingerprint density at radius 3 is 2.29 bits per heavy atom. The van der Waals surface area contributed by atoms with E-state index in [1.54, 1.807) is 24.3 Å². The minimum Gasteiger partial charge on any atom is -0.490 e. The summed E-state index contributed by atoms with van der Waals surface area (Å²) in [5.74, 6) is -0.268. The first kappa shape index (κ1) is 29.6. The monoisotopic (exact) mass is 564 g/mol. The zero-order chi connectivity index (χ0) is 29.6. The largest absolute Gasteiger partial charge is 0.490 e. The van der Waals surface area contributed by atoms with Gasteiger partial charge >= 0.3 is 6.18 Å². The van der Waals surface area contributed by atoms with Crippen LogP contribution >= 0.6 is 0 Å². The fourth-order valence-corrected chi connectivity index (χ4v) is 4.51. The number of rotatable bonds is 9. The van der Waals surface area contributed by atoms with Crippen LogP contribution in [-0.4, -0.2) is 29.1 Å².